The first-order valence-corrected chi connectivity index (χ1v) is 5.92. The van der Waals surface area contributed by atoms with Crippen molar-refractivity contribution in [1.82, 2.24) is 0 Å². The van der Waals surface area contributed by atoms with Crippen molar-refractivity contribution in [2.45, 2.75) is 12.8 Å². The number of hydrogen-bond donors (Lipinski definition) is 2. The van der Waals surface area contributed by atoms with E-state index < -0.39 is 18.5 Å². The summed E-state index contributed by atoms with van der Waals surface area (Å²) in [4.78, 5) is 33.5. The van der Waals surface area contributed by atoms with Gasteiger partial charge in [-0.25, -0.2) is 4.79 Å². The number of rotatable bonds is 5. The minimum atomic E-state index is -0.707. The van der Waals surface area contributed by atoms with Crippen molar-refractivity contribution in [3.05, 3.63) is 29.8 Å². The maximum atomic E-state index is 11.5. The minimum absolute atomic E-state index is 0.00375. The van der Waals surface area contributed by atoms with Crippen LogP contribution < -0.4 is 11.1 Å². The molecule has 1 aromatic carbocycles. The molecule has 0 heterocycles. The molecule has 0 unspecified atom stereocenters. The molecule has 6 nitrogen and oxygen atoms in total. The largest absolute Gasteiger partial charge is 0.452 e. The molecular weight excluding hydrogens is 248 g/mol. The molecule has 1 aliphatic carbocycles. The summed E-state index contributed by atoms with van der Waals surface area (Å²) in [5, 5.41) is 2.76. The third-order valence-corrected chi connectivity index (χ3v) is 2.68. The molecular formula is C13H14N2O4. The van der Waals surface area contributed by atoms with Gasteiger partial charge >= 0.3 is 5.97 Å². The fourth-order valence-electron chi connectivity index (χ4n) is 1.50. The van der Waals surface area contributed by atoms with Crippen molar-refractivity contribution >= 4 is 23.5 Å². The van der Waals surface area contributed by atoms with Crippen molar-refractivity contribution in [1.29, 1.82) is 0 Å². The van der Waals surface area contributed by atoms with Gasteiger partial charge in [0, 0.05) is 11.6 Å². The van der Waals surface area contributed by atoms with Crippen LogP contribution >= 0.6 is 0 Å². The number of anilines is 1. The normalized spacial score (nSPS) is 13.7. The number of primary amides is 1. The lowest BCUT2D eigenvalue weighted by Gasteiger charge is -2.05. The van der Waals surface area contributed by atoms with Gasteiger partial charge in [-0.05, 0) is 37.1 Å². The van der Waals surface area contributed by atoms with Crippen molar-refractivity contribution in [2.24, 2.45) is 11.7 Å². The molecule has 2 rings (SSSR count). The molecule has 100 valence electrons. The Morgan fingerprint density at radius 1 is 1.21 bits per heavy atom. The predicted molar refractivity (Wildman–Crippen MR) is 67.3 cm³/mol. The summed E-state index contributed by atoms with van der Waals surface area (Å²) in [5.74, 6) is -1.20. The minimum Gasteiger partial charge on any atom is -0.452 e. The number of carbonyl (C=O) groups excluding carboxylic acids is 3. The molecule has 1 saturated carbocycles. The smallest absolute Gasteiger partial charge is 0.338 e. The van der Waals surface area contributed by atoms with Gasteiger partial charge in [-0.15, -0.1) is 0 Å². The lowest BCUT2D eigenvalue weighted by molar-refractivity contribution is -0.121. The molecule has 0 radical (unpaired) electrons. The highest BCUT2D eigenvalue weighted by Crippen LogP contribution is 2.30. The molecule has 3 N–H and O–H groups in total. The molecule has 0 atom stereocenters. The van der Waals surface area contributed by atoms with E-state index in [4.69, 9.17) is 5.73 Å². The first-order valence-electron chi connectivity index (χ1n) is 5.92. The second kappa shape index (κ2) is 5.51. The Hall–Kier alpha value is -2.37. The summed E-state index contributed by atoms with van der Waals surface area (Å²) >= 11 is 0. The molecule has 0 saturated heterocycles. The van der Waals surface area contributed by atoms with E-state index in [1.165, 1.54) is 12.1 Å². The molecule has 6 heteroatoms. The summed E-state index contributed by atoms with van der Waals surface area (Å²) in [5.41, 5.74) is 5.79. The quantitative estimate of drug-likeness (QED) is 0.762. The van der Waals surface area contributed by atoms with Crippen LogP contribution in [0.5, 0.6) is 0 Å². The second-order valence-electron chi connectivity index (χ2n) is 4.38. The van der Waals surface area contributed by atoms with Crippen LogP contribution in [0.15, 0.2) is 24.3 Å². The van der Waals surface area contributed by atoms with Crippen molar-refractivity contribution in [2.75, 3.05) is 11.9 Å². The van der Waals surface area contributed by atoms with Crippen LogP contribution in [0, 0.1) is 5.92 Å². The number of carbonyl (C=O) groups is 3. The standard InChI is InChI=1S/C13H14N2O4/c14-11(16)7-19-13(18)9-3-5-10(6-4-9)15-12(17)8-1-2-8/h3-6,8H,1-2,7H2,(H2,14,16)(H,15,17). The van der Waals surface area contributed by atoms with Gasteiger partial charge in [-0.3, -0.25) is 9.59 Å². The van der Waals surface area contributed by atoms with Gasteiger partial charge in [0.2, 0.25) is 5.91 Å². The predicted octanol–water partition coefficient (Wildman–Crippen LogP) is 0.677. The van der Waals surface area contributed by atoms with Crippen molar-refractivity contribution in [3.63, 3.8) is 0 Å². The van der Waals surface area contributed by atoms with Gasteiger partial charge in [0.05, 0.1) is 5.56 Å². The van der Waals surface area contributed by atoms with Gasteiger partial charge in [0.15, 0.2) is 6.61 Å². The van der Waals surface area contributed by atoms with Crippen LogP contribution in [0.4, 0.5) is 5.69 Å². The van der Waals surface area contributed by atoms with Crippen LogP contribution in [0.3, 0.4) is 0 Å². The molecule has 0 spiro atoms. The van der Waals surface area contributed by atoms with E-state index in [0.29, 0.717) is 11.3 Å². The van der Waals surface area contributed by atoms with Gasteiger partial charge in [0.25, 0.3) is 5.91 Å². The topological polar surface area (TPSA) is 98.5 Å². The summed E-state index contributed by atoms with van der Waals surface area (Å²) < 4.78 is 4.66. The molecule has 1 fully saturated rings. The van der Waals surface area contributed by atoms with Gasteiger partial charge in [0.1, 0.15) is 0 Å². The Balaban J connectivity index is 1.91. The van der Waals surface area contributed by atoms with E-state index in [1.54, 1.807) is 12.1 Å². The molecule has 0 aliphatic heterocycles. The Bertz CT molecular complexity index is 506. The SMILES string of the molecule is NC(=O)COC(=O)c1ccc(NC(=O)C2CC2)cc1. The fourth-order valence-corrected chi connectivity index (χ4v) is 1.50. The van der Waals surface area contributed by atoms with E-state index >= 15 is 0 Å². The monoisotopic (exact) mass is 262 g/mol. The lowest BCUT2D eigenvalue weighted by Crippen LogP contribution is -2.21. The molecule has 19 heavy (non-hydrogen) atoms. The highest BCUT2D eigenvalue weighted by Gasteiger charge is 2.29. The van der Waals surface area contributed by atoms with Crippen molar-refractivity contribution in [3.8, 4) is 0 Å². The van der Waals surface area contributed by atoms with E-state index in [0.717, 1.165) is 12.8 Å². The third-order valence-electron chi connectivity index (χ3n) is 2.68. The average molecular weight is 262 g/mol. The summed E-state index contributed by atoms with van der Waals surface area (Å²) in [6.07, 6.45) is 1.87. The van der Waals surface area contributed by atoms with Crippen LogP contribution in [-0.4, -0.2) is 24.4 Å². The van der Waals surface area contributed by atoms with E-state index in [-0.39, 0.29) is 11.8 Å². The van der Waals surface area contributed by atoms with Crippen LogP contribution in [0.2, 0.25) is 0 Å². The van der Waals surface area contributed by atoms with E-state index in [2.05, 4.69) is 10.1 Å². The Kier molecular flexibility index (Phi) is 3.79. The Labute approximate surface area is 109 Å². The molecule has 2 amide bonds. The maximum Gasteiger partial charge on any atom is 0.338 e. The highest BCUT2D eigenvalue weighted by atomic mass is 16.5. The highest BCUT2D eigenvalue weighted by molar-refractivity contribution is 5.95. The second-order valence-corrected chi connectivity index (χ2v) is 4.38. The number of nitrogens with two attached hydrogens (primary N) is 1. The zero-order valence-electron chi connectivity index (χ0n) is 10.2. The van der Waals surface area contributed by atoms with Gasteiger partial charge in [-0.2, -0.15) is 0 Å². The zero-order valence-corrected chi connectivity index (χ0v) is 10.2. The number of ether oxygens (including phenoxy) is 1. The number of esters is 1. The third kappa shape index (κ3) is 3.80. The molecule has 0 aromatic heterocycles. The lowest BCUT2D eigenvalue weighted by atomic mass is 10.2. The maximum absolute atomic E-state index is 11.5. The number of hydrogen-bond acceptors (Lipinski definition) is 4. The fraction of sp³-hybridized carbons (Fsp3) is 0.308. The number of amides is 2. The Morgan fingerprint density at radius 3 is 2.37 bits per heavy atom. The molecule has 1 aromatic rings. The van der Waals surface area contributed by atoms with Crippen LogP contribution in [-0.2, 0) is 14.3 Å². The van der Waals surface area contributed by atoms with Gasteiger partial charge in [-0.1, -0.05) is 0 Å². The summed E-state index contributed by atoms with van der Waals surface area (Å²) in [6.45, 7) is -0.445. The van der Waals surface area contributed by atoms with Gasteiger partial charge < -0.3 is 15.8 Å². The average Bonchev–Trinajstić information content (AvgIpc) is 3.21. The van der Waals surface area contributed by atoms with Crippen LogP contribution in [0.1, 0.15) is 23.2 Å². The number of nitrogens with one attached hydrogen (secondary N) is 1. The molecule has 0 bridgehead atoms. The molecule has 1 aliphatic rings. The first kappa shape index (κ1) is 13.1. The Morgan fingerprint density at radius 2 is 1.84 bits per heavy atom. The summed E-state index contributed by atoms with van der Waals surface area (Å²) in [7, 11) is 0. The van der Waals surface area contributed by atoms with E-state index in [1.807, 2.05) is 0 Å². The summed E-state index contributed by atoms with van der Waals surface area (Å²) in [6, 6.07) is 6.26. The van der Waals surface area contributed by atoms with E-state index in [9.17, 15) is 14.4 Å². The zero-order chi connectivity index (χ0) is 13.8. The van der Waals surface area contributed by atoms with Crippen LogP contribution in [0.25, 0.3) is 0 Å². The first-order chi connectivity index (χ1) is 9.06. The van der Waals surface area contributed by atoms with Crippen molar-refractivity contribution < 1.29 is 19.1 Å². The number of benzene rings is 1.